The third-order valence-corrected chi connectivity index (χ3v) is 5.65. The first kappa shape index (κ1) is 16.2. The molecule has 1 aromatic carbocycles. The van der Waals surface area contributed by atoms with E-state index in [2.05, 4.69) is 54.5 Å². The number of nitrogens with zero attached hydrogens (tertiary/aromatic N) is 1. The van der Waals surface area contributed by atoms with E-state index in [9.17, 15) is 9.90 Å². The normalized spacial score (nSPS) is 20.3. The Balaban J connectivity index is 1.96. The molecule has 2 unspecified atom stereocenters. The predicted octanol–water partition coefficient (Wildman–Crippen LogP) is 4.25. The minimum Gasteiger partial charge on any atom is -0.481 e. The molecule has 1 saturated heterocycles. The van der Waals surface area contributed by atoms with Crippen molar-refractivity contribution >= 4 is 17.3 Å². The van der Waals surface area contributed by atoms with Gasteiger partial charge in [0.15, 0.2) is 0 Å². The SMILES string of the molecule is Cc1cccc(C(c2cc(C)cs2)N2CCCC(C(=O)O)C2)c1. The van der Waals surface area contributed by atoms with Gasteiger partial charge in [-0.1, -0.05) is 29.8 Å². The molecule has 1 N–H and O–H groups in total. The van der Waals surface area contributed by atoms with Crippen LogP contribution < -0.4 is 0 Å². The third kappa shape index (κ3) is 3.65. The van der Waals surface area contributed by atoms with E-state index in [-0.39, 0.29) is 12.0 Å². The van der Waals surface area contributed by atoms with Crippen LogP contribution in [-0.4, -0.2) is 29.1 Å². The average Bonchev–Trinajstić information content (AvgIpc) is 2.94. The number of rotatable bonds is 4. The zero-order chi connectivity index (χ0) is 16.4. The summed E-state index contributed by atoms with van der Waals surface area (Å²) in [5.74, 6) is -0.919. The molecule has 1 aliphatic rings. The van der Waals surface area contributed by atoms with Gasteiger partial charge in [0, 0.05) is 11.4 Å². The molecule has 122 valence electrons. The summed E-state index contributed by atoms with van der Waals surface area (Å²) in [6.45, 7) is 5.81. The largest absolute Gasteiger partial charge is 0.481 e. The van der Waals surface area contributed by atoms with Gasteiger partial charge >= 0.3 is 5.97 Å². The number of thiophene rings is 1. The lowest BCUT2D eigenvalue weighted by molar-refractivity contribution is -0.143. The quantitative estimate of drug-likeness (QED) is 0.911. The summed E-state index contributed by atoms with van der Waals surface area (Å²) in [6.07, 6.45) is 1.74. The van der Waals surface area contributed by atoms with Crippen molar-refractivity contribution in [3.05, 3.63) is 57.3 Å². The van der Waals surface area contributed by atoms with E-state index >= 15 is 0 Å². The van der Waals surface area contributed by atoms with Crippen LogP contribution in [0.3, 0.4) is 0 Å². The average molecular weight is 329 g/mol. The van der Waals surface area contributed by atoms with Gasteiger partial charge in [-0.2, -0.15) is 0 Å². The number of aliphatic carboxylic acids is 1. The summed E-state index contributed by atoms with van der Waals surface area (Å²) in [7, 11) is 0. The highest BCUT2D eigenvalue weighted by Gasteiger charge is 2.31. The van der Waals surface area contributed by atoms with Gasteiger partial charge in [-0.3, -0.25) is 9.69 Å². The van der Waals surface area contributed by atoms with Crippen LogP contribution >= 0.6 is 11.3 Å². The van der Waals surface area contributed by atoms with Gasteiger partial charge in [-0.15, -0.1) is 11.3 Å². The molecule has 2 heterocycles. The Hall–Kier alpha value is -1.65. The lowest BCUT2D eigenvalue weighted by atomic mass is 9.93. The second-order valence-corrected chi connectivity index (χ2v) is 7.46. The number of hydrogen-bond donors (Lipinski definition) is 1. The smallest absolute Gasteiger partial charge is 0.307 e. The molecule has 2 atom stereocenters. The Labute approximate surface area is 141 Å². The minimum absolute atomic E-state index is 0.163. The number of aryl methyl sites for hydroxylation is 2. The summed E-state index contributed by atoms with van der Waals surface area (Å²) >= 11 is 1.77. The van der Waals surface area contributed by atoms with E-state index in [1.807, 2.05) is 0 Å². The Morgan fingerprint density at radius 2 is 2.13 bits per heavy atom. The van der Waals surface area contributed by atoms with Crippen molar-refractivity contribution in [2.75, 3.05) is 13.1 Å². The number of hydrogen-bond acceptors (Lipinski definition) is 3. The van der Waals surface area contributed by atoms with Crippen LogP contribution in [0.2, 0.25) is 0 Å². The maximum Gasteiger partial charge on any atom is 0.307 e. The van der Waals surface area contributed by atoms with E-state index in [4.69, 9.17) is 0 Å². The molecule has 1 aliphatic heterocycles. The van der Waals surface area contributed by atoms with Crippen LogP contribution in [0.15, 0.2) is 35.7 Å². The van der Waals surface area contributed by atoms with Crippen molar-refractivity contribution in [3.63, 3.8) is 0 Å². The highest BCUT2D eigenvalue weighted by atomic mass is 32.1. The molecule has 0 bridgehead atoms. The summed E-state index contributed by atoms with van der Waals surface area (Å²) in [5.41, 5.74) is 3.78. The van der Waals surface area contributed by atoms with E-state index in [0.717, 1.165) is 19.4 Å². The van der Waals surface area contributed by atoms with Crippen LogP contribution in [0.5, 0.6) is 0 Å². The van der Waals surface area contributed by atoms with Crippen LogP contribution in [-0.2, 0) is 4.79 Å². The standard InChI is InChI=1S/C19H23NO2S/c1-13-5-3-6-15(9-13)18(17-10-14(2)12-23-17)20-8-4-7-16(11-20)19(21)22/h3,5-6,9-10,12,16,18H,4,7-8,11H2,1-2H3,(H,21,22). The van der Waals surface area contributed by atoms with Crippen molar-refractivity contribution in [2.24, 2.45) is 5.92 Å². The molecule has 3 rings (SSSR count). The topological polar surface area (TPSA) is 40.5 Å². The summed E-state index contributed by atoms with van der Waals surface area (Å²) in [4.78, 5) is 15.1. The van der Waals surface area contributed by atoms with Gasteiger partial charge in [0.25, 0.3) is 0 Å². The maximum absolute atomic E-state index is 11.4. The van der Waals surface area contributed by atoms with Crippen molar-refractivity contribution < 1.29 is 9.90 Å². The van der Waals surface area contributed by atoms with Crippen molar-refractivity contribution in [1.29, 1.82) is 0 Å². The second-order valence-electron chi connectivity index (χ2n) is 6.52. The van der Waals surface area contributed by atoms with Gasteiger partial charge in [-0.05, 0) is 55.8 Å². The molecule has 1 aromatic heterocycles. The van der Waals surface area contributed by atoms with E-state index < -0.39 is 5.97 Å². The molecule has 4 heteroatoms. The molecule has 0 aliphatic carbocycles. The third-order valence-electron chi connectivity index (χ3n) is 4.55. The summed E-state index contributed by atoms with van der Waals surface area (Å²) in [6, 6.07) is 11.0. The highest BCUT2D eigenvalue weighted by Crippen LogP contribution is 2.36. The highest BCUT2D eigenvalue weighted by molar-refractivity contribution is 7.10. The minimum atomic E-state index is -0.667. The Kier molecular flexibility index (Phi) is 4.83. The van der Waals surface area contributed by atoms with Crippen molar-refractivity contribution in [3.8, 4) is 0 Å². The molecule has 0 spiro atoms. The lowest BCUT2D eigenvalue weighted by Gasteiger charge is -2.37. The van der Waals surface area contributed by atoms with Crippen LogP contribution in [0.25, 0.3) is 0 Å². The van der Waals surface area contributed by atoms with Crippen molar-refractivity contribution in [1.82, 2.24) is 4.90 Å². The number of carbonyl (C=O) groups is 1. The number of piperidine rings is 1. The van der Waals surface area contributed by atoms with Crippen LogP contribution in [0.4, 0.5) is 0 Å². The van der Waals surface area contributed by atoms with Gasteiger partial charge in [0.2, 0.25) is 0 Å². The van der Waals surface area contributed by atoms with Gasteiger partial charge < -0.3 is 5.11 Å². The number of carboxylic acid groups (broad SMARTS) is 1. The van der Waals surface area contributed by atoms with Crippen molar-refractivity contribution in [2.45, 2.75) is 32.7 Å². The number of benzene rings is 1. The van der Waals surface area contributed by atoms with E-state index in [1.54, 1.807) is 11.3 Å². The Morgan fingerprint density at radius 3 is 2.78 bits per heavy atom. The predicted molar refractivity (Wildman–Crippen MR) is 94.0 cm³/mol. The van der Waals surface area contributed by atoms with E-state index in [0.29, 0.717) is 6.54 Å². The molecule has 23 heavy (non-hydrogen) atoms. The fraction of sp³-hybridized carbons (Fsp3) is 0.421. The maximum atomic E-state index is 11.4. The zero-order valence-electron chi connectivity index (χ0n) is 13.7. The lowest BCUT2D eigenvalue weighted by Crippen LogP contribution is -2.41. The molecule has 1 fully saturated rings. The zero-order valence-corrected chi connectivity index (χ0v) is 14.5. The first-order valence-electron chi connectivity index (χ1n) is 8.13. The van der Waals surface area contributed by atoms with E-state index in [1.165, 1.54) is 21.6 Å². The molecule has 0 radical (unpaired) electrons. The van der Waals surface area contributed by atoms with Gasteiger partial charge in [0.05, 0.1) is 12.0 Å². The first-order chi connectivity index (χ1) is 11.0. The Bertz CT molecular complexity index is 694. The van der Waals surface area contributed by atoms with Gasteiger partial charge in [0.1, 0.15) is 0 Å². The summed E-state index contributed by atoms with van der Waals surface area (Å²) < 4.78 is 0. The molecule has 3 nitrogen and oxygen atoms in total. The van der Waals surface area contributed by atoms with Crippen LogP contribution in [0, 0.1) is 19.8 Å². The molecular weight excluding hydrogens is 306 g/mol. The van der Waals surface area contributed by atoms with Gasteiger partial charge in [-0.25, -0.2) is 0 Å². The molecular formula is C19H23NO2S. The fourth-order valence-corrected chi connectivity index (χ4v) is 4.49. The first-order valence-corrected chi connectivity index (χ1v) is 9.01. The molecule has 0 saturated carbocycles. The molecule has 2 aromatic rings. The number of likely N-dealkylation sites (tertiary alicyclic amines) is 1. The summed E-state index contributed by atoms with van der Waals surface area (Å²) in [5, 5.41) is 11.6. The monoisotopic (exact) mass is 329 g/mol. The number of carboxylic acids is 1. The van der Waals surface area contributed by atoms with Crippen LogP contribution in [0.1, 0.15) is 40.5 Å². The fourth-order valence-electron chi connectivity index (χ4n) is 3.43. The second kappa shape index (κ2) is 6.85. The molecule has 0 amide bonds. The Morgan fingerprint density at radius 1 is 1.30 bits per heavy atom.